The van der Waals surface area contributed by atoms with Crippen LogP contribution in [0.15, 0.2) is 36.0 Å². The maximum Gasteiger partial charge on any atom is 0.410 e. The summed E-state index contributed by atoms with van der Waals surface area (Å²) in [6.45, 7) is 9.77. The zero-order chi connectivity index (χ0) is 33.3. The summed E-state index contributed by atoms with van der Waals surface area (Å²) in [6, 6.07) is 0. The molecular weight excluding hydrogens is 585 g/mol. The molecule has 2 amide bonds. The monoisotopic (exact) mass is 635 g/mol. The van der Waals surface area contributed by atoms with Crippen LogP contribution in [-0.4, -0.2) is 126 Å². The van der Waals surface area contributed by atoms with Crippen LogP contribution in [0.4, 0.5) is 14.0 Å². The number of ketones is 2. The number of likely N-dealkylation sites (N-methyl/N-ethyl adjacent to an activating group) is 1. The van der Waals surface area contributed by atoms with Crippen LogP contribution in [0.2, 0.25) is 0 Å². The van der Waals surface area contributed by atoms with Crippen LogP contribution in [0.1, 0.15) is 53.4 Å². The van der Waals surface area contributed by atoms with E-state index >= 15 is 0 Å². The third-order valence-corrected chi connectivity index (χ3v) is 8.83. The Morgan fingerprint density at radius 2 is 1.80 bits per heavy atom. The lowest BCUT2D eigenvalue weighted by atomic mass is 9.79. The molecule has 0 unspecified atom stereocenters. The quantitative estimate of drug-likeness (QED) is 0.256. The van der Waals surface area contributed by atoms with Crippen LogP contribution in [0.25, 0.3) is 0 Å². The predicted molar refractivity (Wildman–Crippen MR) is 166 cm³/mol. The van der Waals surface area contributed by atoms with E-state index in [1.165, 1.54) is 11.8 Å². The summed E-state index contributed by atoms with van der Waals surface area (Å²) in [7, 11) is 1.97. The van der Waals surface area contributed by atoms with Crippen LogP contribution in [-0.2, 0) is 19.1 Å². The van der Waals surface area contributed by atoms with E-state index in [9.17, 15) is 33.8 Å². The van der Waals surface area contributed by atoms with Crippen LogP contribution < -0.4 is 0 Å². The Labute approximate surface area is 265 Å². The Morgan fingerprint density at radius 3 is 2.44 bits per heavy atom. The number of piperazine rings is 1. The Bertz CT molecular complexity index is 1150. The van der Waals surface area contributed by atoms with Gasteiger partial charge in [-0.3, -0.25) is 9.59 Å². The van der Waals surface area contributed by atoms with Crippen LogP contribution in [0.3, 0.4) is 0 Å². The average molecular weight is 636 g/mol. The van der Waals surface area contributed by atoms with E-state index in [-0.39, 0.29) is 38.3 Å². The van der Waals surface area contributed by atoms with E-state index in [0.717, 1.165) is 0 Å². The van der Waals surface area contributed by atoms with Crippen molar-refractivity contribution in [3.63, 3.8) is 0 Å². The lowest BCUT2D eigenvalue weighted by Crippen LogP contribution is -2.50. The van der Waals surface area contributed by atoms with Gasteiger partial charge in [0.15, 0.2) is 6.10 Å². The number of nitrogens with zero attached hydrogens (tertiary/aromatic N) is 3. The molecular formula is C33H50FN3O8. The first-order valence-corrected chi connectivity index (χ1v) is 15.9. The lowest BCUT2D eigenvalue weighted by molar-refractivity contribution is -0.140. The summed E-state index contributed by atoms with van der Waals surface area (Å²) in [5.74, 6) is -2.87. The maximum atomic E-state index is 13.4. The Kier molecular flexibility index (Phi) is 13.3. The van der Waals surface area contributed by atoms with Gasteiger partial charge in [0, 0.05) is 45.1 Å². The summed E-state index contributed by atoms with van der Waals surface area (Å²) in [5, 5.41) is 21.9. The minimum absolute atomic E-state index is 0.0365. The molecule has 12 heteroatoms. The second-order valence-corrected chi connectivity index (χ2v) is 13.0. The third kappa shape index (κ3) is 10.7. The molecule has 2 N–H and O–H groups in total. The molecule has 3 rings (SSSR count). The average Bonchev–Trinajstić information content (AvgIpc) is 3.43. The van der Waals surface area contributed by atoms with E-state index in [1.807, 2.05) is 14.0 Å². The minimum atomic E-state index is -1.53. The Balaban J connectivity index is 1.75. The summed E-state index contributed by atoms with van der Waals surface area (Å²) in [6.07, 6.45) is 4.21. The molecule has 45 heavy (non-hydrogen) atoms. The molecule has 1 aliphatic carbocycles. The second-order valence-electron chi connectivity index (χ2n) is 13.0. The number of alkyl halides is 1. The van der Waals surface area contributed by atoms with Gasteiger partial charge in [0.25, 0.3) is 0 Å². The molecule has 3 aliphatic rings. The van der Waals surface area contributed by atoms with Gasteiger partial charge in [-0.2, -0.15) is 0 Å². The van der Waals surface area contributed by atoms with E-state index in [4.69, 9.17) is 9.47 Å². The number of halogens is 1. The van der Waals surface area contributed by atoms with Crippen LogP contribution in [0.5, 0.6) is 0 Å². The second kappa shape index (κ2) is 16.5. The van der Waals surface area contributed by atoms with Gasteiger partial charge in [-0.05, 0) is 52.2 Å². The molecule has 0 spiro atoms. The fraction of sp³-hybridized carbons (Fsp3) is 0.697. The number of rotatable bonds is 6. The van der Waals surface area contributed by atoms with Gasteiger partial charge >= 0.3 is 12.2 Å². The highest BCUT2D eigenvalue weighted by atomic mass is 19.1. The zero-order valence-electron chi connectivity index (χ0n) is 27.2. The third-order valence-electron chi connectivity index (χ3n) is 8.83. The first-order chi connectivity index (χ1) is 21.2. The number of hydrogen-bond acceptors (Lipinski definition) is 9. The van der Waals surface area contributed by atoms with Crippen molar-refractivity contribution in [1.29, 1.82) is 0 Å². The van der Waals surface area contributed by atoms with E-state index in [0.29, 0.717) is 44.7 Å². The van der Waals surface area contributed by atoms with Crippen molar-refractivity contribution in [3.05, 3.63) is 36.0 Å². The molecule has 11 nitrogen and oxygen atoms in total. The van der Waals surface area contributed by atoms with Crippen molar-refractivity contribution in [1.82, 2.24) is 14.7 Å². The molecule has 2 aliphatic heterocycles. The molecule has 0 radical (unpaired) electrons. The summed E-state index contributed by atoms with van der Waals surface area (Å²) in [5.41, 5.74) is -0.933. The SMILES string of the molecule is C/C(=C\C=C\[C@@H](C)COC(=O)N1CC[C@@H](F)C1)[C@H]1C(=O)C(=O)C[C@@H](O)CC[C@](C)(O)[C@@H](OC(=O)N2CCN(C)CC2)/C=C/[C@@H]1C. The number of likely N-dealkylation sites (tertiary alicyclic amines) is 1. The molecule has 0 bridgehead atoms. The molecule has 0 aromatic carbocycles. The number of aliphatic hydroxyl groups excluding tert-OH is 1. The zero-order valence-corrected chi connectivity index (χ0v) is 27.2. The van der Waals surface area contributed by atoms with Gasteiger partial charge in [0.1, 0.15) is 11.8 Å². The lowest BCUT2D eigenvalue weighted by Gasteiger charge is -2.36. The summed E-state index contributed by atoms with van der Waals surface area (Å²) < 4.78 is 24.5. The molecule has 2 heterocycles. The van der Waals surface area contributed by atoms with Gasteiger partial charge in [-0.25, -0.2) is 14.0 Å². The van der Waals surface area contributed by atoms with E-state index in [2.05, 4.69) is 4.90 Å². The first-order valence-electron chi connectivity index (χ1n) is 15.9. The van der Waals surface area contributed by atoms with Gasteiger partial charge in [0.2, 0.25) is 11.6 Å². The van der Waals surface area contributed by atoms with Crippen molar-refractivity contribution in [3.8, 4) is 0 Å². The molecule has 0 saturated carbocycles. The Hall–Kier alpha value is -3.09. The van der Waals surface area contributed by atoms with Gasteiger partial charge in [-0.1, -0.05) is 43.7 Å². The van der Waals surface area contributed by atoms with Gasteiger partial charge in [0.05, 0.1) is 25.2 Å². The van der Waals surface area contributed by atoms with Crippen molar-refractivity contribution < 1.29 is 43.3 Å². The highest BCUT2D eigenvalue weighted by molar-refractivity contribution is 6.38. The normalized spacial score (nSPS) is 32.6. The number of carbonyl (C=O) groups is 4. The number of Topliss-reactive ketones (excluding diaryl/α,β-unsaturated/α-hetero) is 2. The van der Waals surface area contributed by atoms with Gasteiger partial charge < -0.3 is 34.4 Å². The standard InChI is InChI=1S/C33H50FN3O8/c1-22(21-44-31(41)37-14-12-25(34)20-37)7-6-8-23(2)29-24(3)9-10-28(45-32(42)36-17-15-35(5)16-18-36)33(4,43)13-11-26(38)19-27(39)30(29)40/h6-10,22,24-26,28-29,38,43H,11-21H2,1-5H3/b7-6+,10-9+,23-8+/t22-,24+,25-,26+,28+,29-,33+/m1/s1. The highest BCUT2D eigenvalue weighted by Crippen LogP contribution is 2.29. The number of allylic oxidation sites excluding steroid dienone is 4. The fourth-order valence-electron chi connectivity index (χ4n) is 5.72. The van der Waals surface area contributed by atoms with Crippen molar-refractivity contribution >= 4 is 23.8 Å². The smallest absolute Gasteiger partial charge is 0.410 e. The van der Waals surface area contributed by atoms with Crippen LogP contribution in [0, 0.1) is 17.8 Å². The molecule has 0 aromatic heterocycles. The Morgan fingerprint density at radius 1 is 1.11 bits per heavy atom. The largest absolute Gasteiger partial charge is 0.449 e. The molecule has 7 atom stereocenters. The number of amides is 2. The highest BCUT2D eigenvalue weighted by Gasteiger charge is 2.38. The molecule has 2 saturated heterocycles. The van der Waals surface area contributed by atoms with E-state index in [1.54, 1.807) is 49.1 Å². The topological polar surface area (TPSA) is 137 Å². The predicted octanol–water partition coefficient (Wildman–Crippen LogP) is 3.30. The number of carbonyl (C=O) groups excluding carboxylic acids is 4. The summed E-state index contributed by atoms with van der Waals surface area (Å²) >= 11 is 0. The van der Waals surface area contributed by atoms with Crippen molar-refractivity contribution in [2.75, 3.05) is 52.9 Å². The molecule has 252 valence electrons. The number of aliphatic hydroxyl groups is 2. The first kappa shape index (κ1) is 36.4. The number of ether oxygens (including phenoxy) is 2. The fourth-order valence-corrected chi connectivity index (χ4v) is 5.72. The van der Waals surface area contributed by atoms with E-state index < -0.39 is 59.6 Å². The van der Waals surface area contributed by atoms with Gasteiger partial charge in [-0.15, -0.1) is 0 Å². The van der Waals surface area contributed by atoms with Crippen LogP contribution >= 0.6 is 0 Å². The summed E-state index contributed by atoms with van der Waals surface area (Å²) in [4.78, 5) is 56.6. The molecule has 0 aromatic rings. The minimum Gasteiger partial charge on any atom is -0.449 e. The van der Waals surface area contributed by atoms with Crippen molar-refractivity contribution in [2.24, 2.45) is 17.8 Å². The van der Waals surface area contributed by atoms with Crippen molar-refractivity contribution in [2.45, 2.75) is 77.4 Å². The maximum absolute atomic E-state index is 13.4. The molecule has 2 fully saturated rings. The number of hydrogen-bond donors (Lipinski definition) is 2.